The average molecular weight is 260 g/mol. The van der Waals surface area contributed by atoms with E-state index in [1.54, 1.807) is 0 Å². The van der Waals surface area contributed by atoms with Gasteiger partial charge >= 0.3 is 0 Å². The van der Waals surface area contributed by atoms with Crippen LogP contribution in [0.25, 0.3) is 0 Å². The molecule has 1 saturated heterocycles. The van der Waals surface area contributed by atoms with E-state index in [-0.39, 0.29) is 11.9 Å². The Kier molecular flexibility index (Phi) is 4.59. The van der Waals surface area contributed by atoms with Gasteiger partial charge in [0.2, 0.25) is 5.91 Å². The largest absolute Gasteiger partial charge is 0.311 e. The number of likely N-dealkylation sites (N-methyl/N-ethyl adjacent to an activating group) is 1. The summed E-state index contributed by atoms with van der Waals surface area (Å²) in [4.78, 5) is 14.5. The van der Waals surface area contributed by atoms with Crippen LogP contribution in [0.5, 0.6) is 0 Å². The Labute approximate surface area is 116 Å². The molecule has 0 saturated carbocycles. The van der Waals surface area contributed by atoms with E-state index in [9.17, 15) is 4.79 Å². The molecule has 2 rings (SSSR count). The minimum atomic E-state index is -0.0239. The summed E-state index contributed by atoms with van der Waals surface area (Å²) < 4.78 is 0. The number of hydrogen-bond donors (Lipinski definition) is 1. The third kappa shape index (κ3) is 3.35. The van der Waals surface area contributed by atoms with Gasteiger partial charge in [0.1, 0.15) is 0 Å². The van der Waals surface area contributed by atoms with Gasteiger partial charge in [0.25, 0.3) is 0 Å². The second-order valence-electron chi connectivity index (χ2n) is 5.47. The minimum absolute atomic E-state index is 0.0239. The van der Waals surface area contributed by atoms with Crippen LogP contribution in [0.4, 0.5) is 5.69 Å². The maximum absolute atomic E-state index is 12.7. The van der Waals surface area contributed by atoms with Crippen LogP contribution < -0.4 is 10.2 Å². The molecule has 19 heavy (non-hydrogen) atoms. The monoisotopic (exact) mass is 260 g/mol. The van der Waals surface area contributed by atoms with Crippen molar-refractivity contribution < 1.29 is 4.79 Å². The predicted octanol–water partition coefficient (Wildman–Crippen LogP) is 2.88. The van der Waals surface area contributed by atoms with Gasteiger partial charge in [0.05, 0.1) is 6.04 Å². The van der Waals surface area contributed by atoms with Gasteiger partial charge in [-0.1, -0.05) is 12.1 Å². The Morgan fingerprint density at radius 3 is 2.84 bits per heavy atom. The maximum atomic E-state index is 12.7. The molecule has 2 unspecified atom stereocenters. The molecule has 0 bridgehead atoms. The number of hydrogen-bond acceptors (Lipinski definition) is 2. The van der Waals surface area contributed by atoms with Crippen molar-refractivity contribution >= 4 is 11.6 Å². The standard InChI is InChI=1S/C16H24N2O/c1-4-18(14-9-5-7-12(2)11-14)16(19)15-10-6-8-13(3)17-15/h5,7,9,11,13,15,17H,4,6,8,10H2,1-3H3. The Morgan fingerprint density at radius 2 is 2.21 bits per heavy atom. The molecule has 1 aromatic carbocycles. The smallest absolute Gasteiger partial charge is 0.244 e. The lowest BCUT2D eigenvalue weighted by molar-refractivity contribution is -0.121. The molecular formula is C16H24N2O. The van der Waals surface area contributed by atoms with Crippen LogP contribution >= 0.6 is 0 Å². The molecule has 1 fully saturated rings. The van der Waals surface area contributed by atoms with Crippen molar-refractivity contribution in [2.24, 2.45) is 0 Å². The quantitative estimate of drug-likeness (QED) is 0.906. The summed E-state index contributed by atoms with van der Waals surface area (Å²) in [5, 5.41) is 3.42. The first kappa shape index (κ1) is 14.1. The SMILES string of the molecule is CCN(C(=O)C1CCCC(C)N1)c1cccc(C)c1. The van der Waals surface area contributed by atoms with Crippen LogP contribution in [0.2, 0.25) is 0 Å². The molecule has 1 N–H and O–H groups in total. The summed E-state index contributed by atoms with van der Waals surface area (Å²) in [6.07, 6.45) is 3.25. The van der Waals surface area contributed by atoms with E-state index < -0.39 is 0 Å². The predicted molar refractivity (Wildman–Crippen MR) is 79.4 cm³/mol. The molecule has 1 aliphatic heterocycles. The summed E-state index contributed by atoms with van der Waals surface area (Å²) in [7, 11) is 0. The van der Waals surface area contributed by atoms with Crippen molar-refractivity contribution in [3.05, 3.63) is 29.8 Å². The lowest BCUT2D eigenvalue weighted by Gasteiger charge is -2.32. The number of carbonyl (C=O) groups is 1. The van der Waals surface area contributed by atoms with Gasteiger partial charge in [0, 0.05) is 18.3 Å². The molecular weight excluding hydrogens is 236 g/mol. The number of rotatable bonds is 3. The minimum Gasteiger partial charge on any atom is -0.311 e. The summed E-state index contributed by atoms with van der Waals surface area (Å²) >= 11 is 0. The third-order valence-corrected chi connectivity index (χ3v) is 3.81. The van der Waals surface area contributed by atoms with Crippen LogP contribution in [0.15, 0.2) is 24.3 Å². The zero-order chi connectivity index (χ0) is 13.8. The van der Waals surface area contributed by atoms with Crippen molar-refractivity contribution in [1.29, 1.82) is 0 Å². The summed E-state index contributed by atoms with van der Waals surface area (Å²) in [5.74, 6) is 0.208. The molecule has 0 radical (unpaired) electrons. The average Bonchev–Trinajstić information content (AvgIpc) is 2.39. The highest BCUT2D eigenvalue weighted by atomic mass is 16.2. The van der Waals surface area contributed by atoms with Crippen LogP contribution in [0.1, 0.15) is 38.7 Å². The zero-order valence-corrected chi connectivity index (χ0v) is 12.1. The van der Waals surface area contributed by atoms with Crippen LogP contribution in [0, 0.1) is 6.92 Å². The summed E-state index contributed by atoms with van der Waals surface area (Å²) in [6.45, 7) is 6.96. The fourth-order valence-electron chi connectivity index (χ4n) is 2.78. The van der Waals surface area contributed by atoms with Gasteiger partial charge in [-0.2, -0.15) is 0 Å². The highest BCUT2D eigenvalue weighted by molar-refractivity contribution is 5.97. The molecule has 2 atom stereocenters. The highest BCUT2D eigenvalue weighted by Crippen LogP contribution is 2.20. The van der Waals surface area contributed by atoms with Gasteiger partial charge in [0.15, 0.2) is 0 Å². The van der Waals surface area contributed by atoms with Gasteiger partial charge in [-0.3, -0.25) is 4.79 Å². The zero-order valence-electron chi connectivity index (χ0n) is 12.1. The van der Waals surface area contributed by atoms with E-state index in [4.69, 9.17) is 0 Å². The van der Waals surface area contributed by atoms with E-state index in [1.165, 1.54) is 12.0 Å². The Hall–Kier alpha value is -1.35. The molecule has 0 aromatic heterocycles. The Bertz CT molecular complexity index is 444. The maximum Gasteiger partial charge on any atom is 0.244 e. The van der Waals surface area contributed by atoms with Crippen molar-refractivity contribution in [2.75, 3.05) is 11.4 Å². The number of nitrogens with one attached hydrogen (secondary N) is 1. The molecule has 0 spiro atoms. The number of amides is 1. The molecule has 3 heteroatoms. The Morgan fingerprint density at radius 1 is 1.42 bits per heavy atom. The van der Waals surface area contributed by atoms with Gasteiger partial charge in [-0.25, -0.2) is 0 Å². The molecule has 1 heterocycles. The fraction of sp³-hybridized carbons (Fsp3) is 0.562. The topological polar surface area (TPSA) is 32.3 Å². The number of benzene rings is 1. The van der Waals surface area contributed by atoms with Crippen molar-refractivity contribution in [3.63, 3.8) is 0 Å². The molecule has 0 aliphatic carbocycles. The first-order valence-corrected chi connectivity index (χ1v) is 7.26. The molecule has 1 amide bonds. The lowest BCUT2D eigenvalue weighted by atomic mass is 9.98. The number of anilines is 1. The van der Waals surface area contributed by atoms with Gasteiger partial charge < -0.3 is 10.2 Å². The number of carbonyl (C=O) groups excluding carboxylic acids is 1. The molecule has 3 nitrogen and oxygen atoms in total. The van der Waals surface area contributed by atoms with Gasteiger partial charge in [-0.05, 0) is 57.7 Å². The van der Waals surface area contributed by atoms with Crippen LogP contribution in [-0.2, 0) is 4.79 Å². The van der Waals surface area contributed by atoms with Crippen LogP contribution in [0.3, 0.4) is 0 Å². The van der Waals surface area contributed by atoms with Crippen molar-refractivity contribution in [2.45, 2.75) is 52.1 Å². The van der Waals surface area contributed by atoms with E-state index in [1.807, 2.05) is 24.0 Å². The second kappa shape index (κ2) is 6.20. The second-order valence-corrected chi connectivity index (χ2v) is 5.47. The first-order valence-electron chi connectivity index (χ1n) is 7.26. The fourth-order valence-corrected chi connectivity index (χ4v) is 2.78. The Balaban J connectivity index is 2.15. The molecule has 104 valence electrons. The third-order valence-electron chi connectivity index (χ3n) is 3.81. The van der Waals surface area contributed by atoms with E-state index in [2.05, 4.69) is 31.3 Å². The van der Waals surface area contributed by atoms with Crippen molar-refractivity contribution in [1.82, 2.24) is 5.32 Å². The first-order chi connectivity index (χ1) is 9.11. The van der Waals surface area contributed by atoms with Crippen LogP contribution in [-0.4, -0.2) is 24.5 Å². The lowest BCUT2D eigenvalue weighted by Crippen LogP contribution is -2.51. The number of aryl methyl sites for hydroxylation is 1. The van der Waals surface area contributed by atoms with Gasteiger partial charge in [-0.15, -0.1) is 0 Å². The molecule has 1 aromatic rings. The number of nitrogens with zero attached hydrogens (tertiary/aromatic N) is 1. The van der Waals surface area contributed by atoms with E-state index >= 15 is 0 Å². The normalized spacial score (nSPS) is 23.1. The van der Waals surface area contributed by atoms with E-state index in [0.717, 1.165) is 25.1 Å². The summed E-state index contributed by atoms with van der Waals surface area (Å²) in [6, 6.07) is 8.58. The summed E-state index contributed by atoms with van der Waals surface area (Å²) in [5.41, 5.74) is 2.20. The highest BCUT2D eigenvalue weighted by Gasteiger charge is 2.28. The van der Waals surface area contributed by atoms with Crippen molar-refractivity contribution in [3.8, 4) is 0 Å². The van der Waals surface area contributed by atoms with E-state index in [0.29, 0.717) is 6.04 Å². The molecule has 1 aliphatic rings. The number of piperidine rings is 1.